The molecule has 1 aromatic carbocycles. The fourth-order valence-corrected chi connectivity index (χ4v) is 4.29. The van der Waals surface area contributed by atoms with Crippen molar-refractivity contribution in [1.29, 1.82) is 0 Å². The number of hydrogen-bond acceptors (Lipinski definition) is 2. The van der Waals surface area contributed by atoms with E-state index >= 15 is 0 Å². The van der Waals surface area contributed by atoms with Crippen LogP contribution < -0.4 is 4.57 Å². The minimum absolute atomic E-state index is 0.0622. The van der Waals surface area contributed by atoms with Gasteiger partial charge in [0.2, 0.25) is 0 Å². The minimum Gasteiger partial charge on any atom is -0.459 e. The Bertz CT molecular complexity index is 763. The Hall–Kier alpha value is -1.84. The number of aryl methyl sites for hydroxylation is 1. The molecule has 1 heterocycles. The number of hydrogen-bond donors (Lipinski definition) is 0. The SMILES string of the molecule is Cc1n(CC(=O)O[C@H]2C[C@H](C)CC[C@H]2C(C)C)c2ccccc2[n+]1C. The molecule has 1 aliphatic carbocycles. The van der Waals surface area contributed by atoms with Crippen molar-refractivity contribution in [2.24, 2.45) is 24.8 Å². The maximum Gasteiger partial charge on any atom is 0.348 e. The highest BCUT2D eigenvalue weighted by Gasteiger charge is 2.34. The summed E-state index contributed by atoms with van der Waals surface area (Å²) in [7, 11) is 2.04. The van der Waals surface area contributed by atoms with Gasteiger partial charge in [-0.3, -0.25) is 0 Å². The monoisotopic (exact) mass is 343 g/mol. The van der Waals surface area contributed by atoms with E-state index in [9.17, 15) is 4.79 Å². The molecule has 1 saturated carbocycles. The van der Waals surface area contributed by atoms with Gasteiger partial charge in [-0.25, -0.2) is 13.9 Å². The van der Waals surface area contributed by atoms with E-state index in [-0.39, 0.29) is 18.6 Å². The number of rotatable bonds is 4. The smallest absolute Gasteiger partial charge is 0.348 e. The summed E-state index contributed by atoms with van der Waals surface area (Å²) in [6.07, 6.45) is 3.46. The standard InChI is InChI=1S/C21H31N2O2/c1-14(2)17-11-10-15(3)12-20(17)25-21(24)13-23-16(4)22(5)18-8-6-7-9-19(18)23/h6-9,14-15,17,20H,10-13H2,1-5H3/q+1/t15-,17+,20+/m1/s1. The second-order valence-electron chi connectivity index (χ2n) is 8.04. The average Bonchev–Trinajstić information content (AvgIpc) is 2.80. The molecule has 2 aromatic rings. The molecule has 3 rings (SSSR count). The molecule has 0 amide bonds. The third-order valence-electron chi connectivity index (χ3n) is 5.94. The van der Waals surface area contributed by atoms with Gasteiger partial charge in [-0.2, -0.15) is 0 Å². The summed E-state index contributed by atoms with van der Waals surface area (Å²) in [6, 6.07) is 8.19. The Kier molecular flexibility index (Phi) is 5.16. The van der Waals surface area contributed by atoms with Crippen LogP contribution in [-0.2, 0) is 23.1 Å². The van der Waals surface area contributed by atoms with E-state index in [0.29, 0.717) is 17.8 Å². The number of aromatic nitrogens is 2. The number of nitrogens with zero attached hydrogens (tertiary/aromatic N) is 2. The number of benzene rings is 1. The number of imidazole rings is 1. The molecule has 4 nitrogen and oxygen atoms in total. The Labute approximate surface area is 150 Å². The first-order valence-electron chi connectivity index (χ1n) is 9.51. The van der Waals surface area contributed by atoms with Gasteiger partial charge in [-0.1, -0.05) is 39.3 Å². The van der Waals surface area contributed by atoms with E-state index in [4.69, 9.17) is 4.74 Å². The average molecular weight is 343 g/mol. The van der Waals surface area contributed by atoms with Crippen molar-refractivity contribution in [3.63, 3.8) is 0 Å². The largest absolute Gasteiger partial charge is 0.459 e. The maximum atomic E-state index is 12.7. The van der Waals surface area contributed by atoms with Crippen LogP contribution in [0.1, 0.15) is 45.9 Å². The van der Waals surface area contributed by atoms with E-state index in [1.54, 1.807) is 0 Å². The van der Waals surface area contributed by atoms with E-state index in [0.717, 1.165) is 29.7 Å². The predicted octanol–water partition coefficient (Wildman–Crippen LogP) is 3.78. The molecule has 3 atom stereocenters. The zero-order chi connectivity index (χ0) is 18.1. The minimum atomic E-state index is -0.116. The fourth-order valence-electron chi connectivity index (χ4n) is 4.29. The van der Waals surface area contributed by atoms with Gasteiger partial charge in [0.25, 0.3) is 5.82 Å². The van der Waals surface area contributed by atoms with Crippen LogP contribution in [0.25, 0.3) is 11.0 Å². The van der Waals surface area contributed by atoms with Gasteiger partial charge in [0, 0.05) is 6.92 Å². The van der Waals surface area contributed by atoms with E-state index < -0.39 is 0 Å². The molecule has 1 fully saturated rings. The highest BCUT2D eigenvalue weighted by atomic mass is 16.5. The highest BCUT2D eigenvalue weighted by Crippen LogP contribution is 2.35. The zero-order valence-electron chi connectivity index (χ0n) is 16.2. The first-order chi connectivity index (χ1) is 11.9. The van der Waals surface area contributed by atoms with E-state index in [1.807, 2.05) is 26.1 Å². The number of para-hydroxylation sites is 2. The highest BCUT2D eigenvalue weighted by molar-refractivity contribution is 5.76. The second-order valence-corrected chi connectivity index (χ2v) is 8.04. The van der Waals surface area contributed by atoms with Crippen LogP contribution in [0.15, 0.2) is 24.3 Å². The number of carbonyl (C=O) groups is 1. The zero-order valence-corrected chi connectivity index (χ0v) is 16.2. The summed E-state index contributed by atoms with van der Waals surface area (Å²) in [6.45, 7) is 9.08. The van der Waals surface area contributed by atoms with Crippen LogP contribution in [0.3, 0.4) is 0 Å². The Balaban J connectivity index is 1.77. The van der Waals surface area contributed by atoms with Crippen molar-refractivity contribution in [2.45, 2.75) is 59.6 Å². The molecule has 4 heteroatoms. The summed E-state index contributed by atoms with van der Waals surface area (Å²) >= 11 is 0. The van der Waals surface area contributed by atoms with Crippen LogP contribution in [0.2, 0.25) is 0 Å². The third-order valence-corrected chi connectivity index (χ3v) is 5.94. The van der Waals surface area contributed by atoms with Crippen LogP contribution in [0.5, 0.6) is 0 Å². The summed E-state index contributed by atoms with van der Waals surface area (Å²) in [5.41, 5.74) is 2.22. The van der Waals surface area contributed by atoms with Crippen LogP contribution in [0, 0.1) is 24.7 Å². The maximum absolute atomic E-state index is 12.7. The number of esters is 1. The Morgan fingerprint density at radius 1 is 1.32 bits per heavy atom. The first kappa shape index (κ1) is 18.0. The normalized spacial score (nSPS) is 24.0. The Morgan fingerprint density at radius 3 is 2.76 bits per heavy atom. The summed E-state index contributed by atoms with van der Waals surface area (Å²) in [5, 5.41) is 0. The molecule has 0 unspecified atom stereocenters. The first-order valence-corrected chi connectivity index (χ1v) is 9.51. The van der Waals surface area contributed by atoms with Gasteiger partial charge in [0.1, 0.15) is 6.10 Å². The molecule has 1 aliphatic rings. The molecule has 1 aromatic heterocycles. The molecule has 0 radical (unpaired) electrons. The van der Waals surface area contributed by atoms with E-state index in [2.05, 4.69) is 42.0 Å². The van der Waals surface area contributed by atoms with Crippen molar-refractivity contribution in [3.05, 3.63) is 30.1 Å². The van der Waals surface area contributed by atoms with Crippen LogP contribution >= 0.6 is 0 Å². The van der Waals surface area contributed by atoms with Crippen molar-refractivity contribution in [2.75, 3.05) is 0 Å². The molecular formula is C21H31N2O2+. The molecule has 0 bridgehead atoms. The van der Waals surface area contributed by atoms with Crippen molar-refractivity contribution < 1.29 is 14.1 Å². The lowest BCUT2D eigenvalue weighted by atomic mass is 9.75. The lowest BCUT2D eigenvalue weighted by Gasteiger charge is -2.36. The topological polar surface area (TPSA) is 35.1 Å². The molecular weight excluding hydrogens is 312 g/mol. The molecule has 0 N–H and O–H groups in total. The number of ether oxygens (including phenoxy) is 1. The van der Waals surface area contributed by atoms with Gasteiger partial charge >= 0.3 is 5.97 Å². The quantitative estimate of drug-likeness (QED) is 0.625. The van der Waals surface area contributed by atoms with Crippen molar-refractivity contribution >= 4 is 17.0 Å². The summed E-state index contributed by atoms with van der Waals surface area (Å²) < 4.78 is 10.2. The molecule has 136 valence electrons. The molecule has 0 spiro atoms. The summed E-state index contributed by atoms with van der Waals surface area (Å²) in [5.74, 6) is 2.63. The van der Waals surface area contributed by atoms with E-state index in [1.165, 1.54) is 6.42 Å². The number of fused-ring (bicyclic) bond motifs is 1. The van der Waals surface area contributed by atoms with Gasteiger partial charge in [0.05, 0.1) is 7.05 Å². The second kappa shape index (κ2) is 7.19. The Morgan fingerprint density at radius 2 is 2.04 bits per heavy atom. The molecule has 0 aliphatic heterocycles. The predicted molar refractivity (Wildman–Crippen MR) is 99.1 cm³/mol. The van der Waals surface area contributed by atoms with Crippen LogP contribution in [0.4, 0.5) is 0 Å². The summed E-state index contributed by atoms with van der Waals surface area (Å²) in [4.78, 5) is 12.7. The van der Waals surface area contributed by atoms with Crippen LogP contribution in [-0.4, -0.2) is 16.6 Å². The lowest BCUT2D eigenvalue weighted by molar-refractivity contribution is -0.652. The van der Waals surface area contributed by atoms with Crippen molar-refractivity contribution in [3.8, 4) is 0 Å². The van der Waals surface area contributed by atoms with Gasteiger partial charge in [-0.15, -0.1) is 0 Å². The van der Waals surface area contributed by atoms with Gasteiger partial charge < -0.3 is 4.74 Å². The van der Waals surface area contributed by atoms with Gasteiger partial charge in [0.15, 0.2) is 17.6 Å². The molecule has 25 heavy (non-hydrogen) atoms. The molecule has 0 saturated heterocycles. The lowest BCUT2D eigenvalue weighted by Crippen LogP contribution is -2.37. The number of carbonyl (C=O) groups excluding carboxylic acids is 1. The van der Waals surface area contributed by atoms with Gasteiger partial charge in [-0.05, 0) is 42.7 Å². The van der Waals surface area contributed by atoms with Crippen molar-refractivity contribution in [1.82, 2.24) is 4.57 Å². The third kappa shape index (κ3) is 3.58. The fraction of sp³-hybridized carbons (Fsp3) is 0.619.